The molecule has 0 aromatic carbocycles. The van der Waals surface area contributed by atoms with Crippen LogP contribution in [0.5, 0.6) is 0 Å². The predicted molar refractivity (Wildman–Crippen MR) is 90.5 cm³/mol. The molecular weight excluding hydrogens is 294 g/mol. The van der Waals surface area contributed by atoms with Crippen LogP contribution in [-0.2, 0) is 4.79 Å². The van der Waals surface area contributed by atoms with E-state index in [0.717, 1.165) is 48.3 Å². The number of allylic oxidation sites excluding steroid dienone is 1. The molecule has 0 N–H and O–H groups in total. The van der Waals surface area contributed by atoms with Crippen LogP contribution < -0.4 is 0 Å². The lowest BCUT2D eigenvalue weighted by atomic mass is 9.46. The minimum atomic E-state index is 0.284. The van der Waals surface area contributed by atoms with Gasteiger partial charge in [-0.25, -0.2) is 0 Å². The van der Waals surface area contributed by atoms with Gasteiger partial charge in [-0.05, 0) is 90.4 Å². The van der Waals surface area contributed by atoms with Crippen LogP contribution in [0.3, 0.4) is 0 Å². The van der Waals surface area contributed by atoms with E-state index >= 15 is 0 Å². The lowest BCUT2D eigenvalue weighted by molar-refractivity contribution is -0.118. The van der Waals surface area contributed by atoms with Crippen molar-refractivity contribution in [2.45, 2.75) is 52.4 Å². The highest BCUT2D eigenvalue weighted by Crippen LogP contribution is 2.79. The molecule has 0 radical (unpaired) electrons. The average molecular weight is 321 g/mol. The molecule has 0 amide bonds. The summed E-state index contributed by atoms with van der Waals surface area (Å²) in [6.45, 7) is 4.95. The molecule has 0 aliphatic heterocycles. The molecule has 2 heteroatoms. The van der Waals surface area contributed by atoms with Crippen molar-refractivity contribution in [3.63, 3.8) is 0 Å². The molecule has 0 aromatic heterocycles. The first kappa shape index (κ1) is 14.1. The second kappa shape index (κ2) is 4.00. The molecule has 6 aliphatic rings. The monoisotopic (exact) mass is 321 g/mol. The Balaban J connectivity index is 1.45. The first-order valence-corrected chi connectivity index (χ1v) is 10.1. The summed E-state index contributed by atoms with van der Waals surface area (Å²) in [5, 5.41) is 9.81. The molecule has 7 unspecified atom stereocenters. The summed E-state index contributed by atoms with van der Waals surface area (Å²) < 4.78 is 0. The predicted octanol–water partition coefficient (Wildman–Crippen LogP) is 4.37. The molecule has 2 nitrogen and oxygen atoms in total. The molecule has 0 heterocycles. The topological polar surface area (TPSA) is 40.9 Å². The molecule has 10 atom stereocenters. The van der Waals surface area contributed by atoms with Crippen LogP contribution in [0.15, 0.2) is 11.6 Å². The van der Waals surface area contributed by atoms with Gasteiger partial charge in [0, 0.05) is 6.42 Å². The van der Waals surface area contributed by atoms with Gasteiger partial charge in [-0.15, -0.1) is 0 Å². The number of carbonyl (C=O) groups is 1. The van der Waals surface area contributed by atoms with Crippen LogP contribution in [-0.4, -0.2) is 5.78 Å². The fourth-order valence-electron chi connectivity index (χ4n) is 8.59. The van der Waals surface area contributed by atoms with Crippen molar-refractivity contribution in [3.05, 3.63) is 11.6 Å². The zero-order valence-corrected chi connectivity index (χ0v) is 14.8. The van der Waals surface area contributed by atoms with Crippen molar-refractivity contribution in [2.24, 2.45) is 58.2 Å². The van der Waals surface area contributed by atoms with Gasteiger partial charge in [0.15, 0.2) is 5.78 Å². The number of hydrogen-bond donors (Lipinski definition) is 0. The minimum absolute atomic E-state index is 0.284. The third-order valence-electron chi connectivity index (χ3n) is 9.68. The van der Waals surface area contributed by atoms with E-state index in [1.165, 1.54) is 31.3 Å². The maximum Gasteiger partial charge on any atom is 0.155 e. The molecule has 6 aliphatic carbocycles. The van der Waals surface area contributed by atoms with Crippen molar-refractivity contribution in [1.29, 1.82) is 5.26 Å². The van der Waals surface area contributed by atoms with E-state index in [4.69, 9.17) is 0 Å². The van der Waals surface area contributed by atoms with E-state index in [-0.39, 0.29) is 5.41 Å². The van der Waals surface area contributed by atoms with Gasteiger partial charge in [-0.1, -0.05) is 19.4 Å². The average Bonchev–Trinajstić information content (AvgIpc) is 3.44. The summed E-state index contributed by atoms with van der Waals surface area (Å²) >= 11 is 0. The van der Waals surface area contributed by atoms with E-state index in [1.807, 2.05) is 0 Å². The number of ketones is 1. The van der Waals surface area contributed by atoms with Crippen LogP contribution in [0.4, 0.5) is 0 Å². The van der Waals surface area contributed by atoms with Gasteiger partial charge in [0.2, 0.25) is 0 Å². The van der Waals surface area contributed by atoms with Gasteiger partial charge in [-0.3, -0.25) is 4.79 Å². The fraction of sp³-hybridized carbons (Fsp3) is 0.818. The zero-order chi connectivity index (χ0) is 16.4. The number of hydrogen-bond acceptors (Lipinski definition) is 2. The van der Waals surface area contributed by atoms with Crippen LogP contribution in [0.1, 0.15) is 52.4 Å². The maximum absolute atomic E-state index is 12.0. The van der Waals surface area contributed by atoms with Crippen molar-refractivity contribution >= 4 is 5.78 Å². The van der Waals surface area contributed by atoms with Crippen LogP contribution in [0.2, 0.25) is 0 Å². The largest absolute Gasteiger partial charge is 0.295 e. The van der Waals surface area contributed by atoms with E-state index in [9.17, 15) is 10.1 Å². The molecular formula is C22H27NO. The highest BCUT2D eigenvalue weighted by atomic mass is 16.1. The Morgan fingerprint density at radius 2 is 2.00 bits per heavy atom. The summed E-state index contributed by atoms with van der Waals surface area (Å²) in [6.07, 6.45) is 9.11. The first-order valence-electron chi connectivity index (χ1n) is 10.1. The van der Waals surface area contributed by atoms with Crippen molar-refractivity contribution < 1.29 is 4.79 Å². The molecule has 0 saturated heterocycles. The van der Waals surface area contributed by atoms with Crippen LogP contribution in [0, 0.1) is 69.5 Å². The number of nitrogens with zero attached hydrogens (tertiary/aromatic N) is 1. The molecule has 5 saturated carbocycles. The molecule has 5 fully saturated rings. The Bertz CT molecular complexity index is 731. The van der Waals surface area contributed by atoms with E-state index < -0.39 is 0 Å². The Kier molecular flexibility index (Phi) is 2.35. The first-order chi connectivity index (χ1) is 11.5. The summed E-state index contributed by atoms with van der Waals surface area (Å²) in [5.41, 5.74) is 2.11. The summed E-state index contributed by atoms with van der Waals surface area (Å²) in [7, 11) is 0. The van der Waals surface area contributed by atoms with E-state index in [2.05, 4.69) is 26.0 Å². The van der Waals surface area contributed by atoms with Crippen LogP contribution >= 0.6 is 0 Å². The second-order valence-corrected chi connectivity index (χ2v) is 10.4. The Hall–Kier alpha value is -1.10. The third kappa shape index (κ3) is 1.40. The number of carbonyl (C=O) groups excluding carboxylic acids is 1. The van der Waals surface area contributed by atoms with Gasteiger partial charge in [-0.2, -0.15) is 5.26 Å². The SMILES string of the molecule is C[C@]12CCC(=O)C=C1C1CC1C1C2CC[C@@]2(C)C1C1CC1[C@@H]2C#N. The van der Waals surface area contributed by atoms with Crippen molar-refractivity contribution in [1.82, 2.24) is 0 Å². The van der Waals surface area contributed by atoms with Gasteiger partial charge in [0.1, 0.15) is 0 Å². The molecule has 0 aromatic rings. The Morgan fingerprint density at radius 1 is 1.17 bits per heavy atom. The fourth-order valence-corrected chi connectivity index (χ4v) is 8.59. The van der Waals surface area contributed by atoms with E-state index in [1.54, 1.807) is 0 Å². The molecule has 126 valence electrons. The number of rotatable bonds is 0. The second-order valence-electron chi connectivity index (χ2n) is 10.4. The molecule has 0 spiro atoms. The van der Waals surface area contributed by atoms with Gasteiger partial charge in [0.05, 0.1) is 12.0 Å². The lowest BCUT2D eigenvalue weighted by Crippen LogP contribution is -2.52. The number of fused-ring (bicyclic) bond motifs is 10. The third-order valence-corrected chi connectivity index (χ3v) is 9.68. The quantitative estimate of drug-likeness (QED) is 0.665. The molecule has 6 rings (SSSR count). The standard InChI is InChI=1S/C22H27NO/c1-21-5-3-11(24)7-17(21)12-8-14(12)19-16(21)4-6-22(2)18(10-23)13-9-15(13)20(19)22/h7,12-16,18-20H,3-6,8-9H2,1-2H3/t12?,13?,14?,15?,16?,18-,19?,20?,21+,22+/m0/s1. The molecule has 24 heavy (non-hydrogen) atoms. The highest BCUT2D eigenvalue weighted by Gasteiger charge is 2.74. The molecule has 0 bridgehead atoms. The van der Waals surface area contributed by atoms with Crippen LogP contribution in [0.25, 0.3) is 0 Å². The van der Waals surface area contributed by atoms with Crippen molar-refractivity contribution in [2.75, 3.05) is 0 Å². The Morgan fingerprint density at radius 3 is 2.79 bits per heavy atom. The number of nitriles is 1. The smallest absolute Gasteiger partial charge is 0.155 e. The zero-order valence-electron chi connectivity index (χ0n) is 14.8. The summed E-state index contributed by atoms with van der Waals surface area (Å²) in [6, 6.07) is 2.73. The Labute approximate surface area is 144 Å². The maximum atomic E-state index is 12.0. The van der Waals surface area contributed by atoms with Gasteiger partial charge < -0.3 is 0 Å². The normalized spacial score (nSPS) is 62.2. The van der Waals surface area contributed by atoms with Gasteiger partial charge in [0.25, 0.3) is 0 Å². The summed E-state index contributed by atoms with van der Waals surface area (Å²) in [5.74, 6) is 6.24. The minimum Gasteiger partial charge on any atom is -0.295 e. The highest BCUT2D eigenvalue weighted by molar-refractivity contribution is 5.92. The summed E-state index contributed by atoms with van der Waals surface area (Å²) in [4.78, 5) is 12.0. The van der Waals surface area contributed by atoms with E-state index in [0.29, 0.717) is 23.0 Å². The van der Waals surface area contributed by atoms with Gasteiger partial charge >= 0.3 is 0 Å². The lowest BCUT2D eigenvalue weighted by Gasteiger charge is -2.58. The van der Waals surface area contributed by atoms with Crippen molar-refractivity contribution in [3.8, 4) is 6.07 Å².